The SMILES string of the molecule is Sc1ccc2ccccc2c1-c1nc(Cl)nc(Cl)c1Cl. The summed E-state index contributed by atoms with van der Waals surface area (Å²) in [4.78, 5) is 8.78. The number of fused-ring (bicyclic) bond motifs is 1. The number of hydrogen-bond donors (Lipinski definition) is 1. The highest BCUT2D eigenvalue weighted by Gasteiger charge is 2.17. The van der Waals surface area contributed by atoms with E-state index < -0.39 is 0 Å². The number of aromatic nitrogens is 2. The topological polar surface area (TPSA) is 25.8 Å². The van der Waals surface area contributed by atoms with Crippen LogP contribution in [0.5, 0.6) is 0 Å². The predicted octanol–water partition coefficient (Wildman–Crippen LogP) is 5.55. The first kappa shape index (κ1) is 14.0. The Hall–Kier alpha value is -1.00. The second-order valence-electron chi connectivity index (χ2n) is 4.13. The quantitative estimate of drug-likeness (QED) is 0.357. The van der Waals surface area contributed by atoms with Crippen LogP contribution in [0.3, 0.4) is 0 Å². The molecule has 0 fully saturated rings. The molecule has 1 heterocycles. The molecule has 6 heteroatoms. The molecule has 3 aromatic rings. The van der Waals surface area contributed by atoms with Crippen molar-refractivity contribution < 1.29 is 0 Å². The Morgan fingerprint density at radius 2 is 1.65 bits per heavy atom. The zero-order valence-corrected chi connectivity index (χ0v) is 13.1. The van der Waals surface area contributed by atoms with Gasteiger partial charge in [0, 0.05) is 10.5 Å². The molecule has 3 rings (SSSR count). The van der Waals surface area contributed by atoms with E-state index in [9.17, 15) is 0 Å². The van der Waals surface area contributed by atoms with Crippen LogP contribution in [-0.4, -0.2) is 9.97 Å². The first-order chi connectivity index (χ1) is 9.58. The van der Waals surface area contributed by atoms with Crippen molar-refractivity contribution in [2.75, 3.05) is 0 Å². The molecular weight excluding hydrogens is 335 g/mol. The van der Waals surface area contributed by atoms with Gasteiger partial charge < -0.3 is 0 Å². The molecule has 0 aliphatic carbocycles. The first-order valence-electron chi connectivity index (χ1n) is 5.67. The van der Waals surface area contributed by atoms with Crippen LogP contribution < -0.4 is 0 Å². The fourth-order valence-electron chi connectivity index (χ4n) is 2.07. The highest BCUT2D eigenvalue weighted by molar-refractivity contribution is 7.80. The summed E-state index contributed by atoms with van der Waals surface area (Å²) < 4.78 is 0. The fraction of sp³-hybridized carbons (Fsp3) is 0. The molecule has 0 unspecified atom stereocenters. The van der Waals surface area contributed by atoms with E-state index in [4.69, 9.17) is 34.8 Å². The maximum absolute atomic E-state index is 6.22. The van der Waals surface area contributed by atoms with Gasteiger partial charge in [-0.25, -0.2) is 9.97 Å². The molecule has 0 amide bonds. The number of rotatable bonds is 1. The van der Waals surface area contributed by atoms with Gasteiger partial charge in [0.25, 0.3) is 0 Å². The van der Waals surface area contributed by atoms with E-state index in [0.717, 1.165) is 21.2 Å². The van der Waals surface area contributed by atoms with E-state index in [1.54, 1.807) is 0 Å². The number of hydrogen-bond acceptors (Lipinski definition) is 3. The van der Waals surface area contributed by atoms with E-state index in [1.807, 2.05) is 36.4 Å². The number of thiol groups is 1. The van der Waals surface area contributed by atoms with Crippen molar-refractivity contribution in [2.45, 2.75) is 4.90 Å². The van der Waals surface area contributed by atoms with Crippen LogP contribution in [-0.2, 0) is 0 Å². The van der Waals surface area contributed by atoms with E-state index in [1.165, 1.54) is 0 Å². The molecule has 0 atom stereocenters. The molecule has 0 aliphatic heterocycles. The molecule has 1 aromatic heterocycles. The summed E-state index contributed by atoms with van der Waals surface area (Å²) in [6, 6.07) is 11.8. The summed E-state index contributed by atoms with van der Waals surface area (Å²) in [5, 5.41) is 2.48. The lowest BCUT2D eigenvalue weighted by atomic mass is 10.0. The number of nitrogens with zero attached hydrogens (tertiary/aromatic N) is 2. The van der Waals surface area contributed by atoms with E-state index >= 15 is 0 Å². The Morgan fingerprint density at radius 3 is 2.45 bits per heavy atom. The molecule has 0 saturated carbocycles. The van der Waals surface area contributed by atoms with Crippen molar-refractivity contribution in [1.82, 2.24) is 9.97 Å². The molecule has 0 radical (unpaired) electrons. The van der Waals surface area contributed by atoms with Gasteiger partial charge in [-0.2, -0.15) is 0 Å². The Kier molecular flexibility index (Phi) is 3.78. The van der Waals surface area contributed by atoms with Crippen LogP contribution >= 0.6 is 47.4 Å². The molecule has 20 heavy (non-hydrogen) atoms. The number of halogens is 3. The largest absolute Gasteiger partial charge is 0.224 e. The lowest BCUT2D eigenvalue weighted by Gasteiger charge is -2.11. The van der Waals surface area contributed by atoms with Gasteiger partial charge in [0.05, 0.1) is 5.69 Å². The molecule has 0 aliphatic rings. The van der Waals surface area contributed by atoms with Gasteiger partial charge in [-0.1, -0.05) is 53.5 Å². The van der Waals surface area contributed by atoms with Gasteiger partial charge in [0.1, 0.15) is 5.02 Å². The smallest absolute Gasteiger partial charge is 0.216 e. The maximum atomic E-state index is 6.22. The number of benzene rings is 2. The van der Waals surface area contributed by atoms with Crippen molar-refractivity contribution >= 4 is 58.2 Å². The Morgan fingerprint density at radius 1 is 0.900 bits per heavy atom. The van der Waals surface area contributed by atoms with Crippen LogP contribution in [0.4, 0.5) is 0 Å². The second kappa shape index (κ2) is 5.41. The van der Waals surface area contributed by atoms with E-state index in [-0.39, 0.29) is 15.5 Å². The third-order valence-electron chi connectivity index (χ3n) is 2.93. The molecule has 100 valence electrons. The summed E-state index contributed by atoms with van der Waals surface area (Å²) in [6.45, 7) is 0. The Balaban J connectivity index is 2.43. The molecule has 0 N–H and O–H groups in total. The van der Waals surface area contributed by atoms with Crippen LogP contribution in [0.2, 0.25) is 15.5 Å². The van der Waals surface area contributed by atoms with Crippen LogP contribution in [0.25, 0.3) is 22.0 Å². The summed E-state index contributed by atoms with van der Waals surface area (Å²) in [6.07, 6.45) is 0. The lowest BCUT2D eigenvalue weighted by molar-refractivity contribution is 1.17. The molecule has 2 aromatic carbocycles. The minimum atomic E-state index is 0.0510. The zero-order valence-electron chi connectivity index (χ0n) is 9.94. The average Bonchev–Trinajstić information content (AvgIpc) is 2.43. The van der Waals surface area contributed by atoms with Crippen molar-refractivity contribution in [3.8, 4) is 11.3 Å². The van der Waals surface area contributed by atoms with Gasteiger partial charge in [-0.15, -0.1) is 12.6 Å². The third-order valence-corrected chi connectivity index (χ3v) is 4.20. The van der Waals surface area contributed by atoms with Crippen molar-refractivity contribution in [3.63, 3.8) is 0 Å². The lowest BCUT2D eigenvalue weighted by Crippen LogP contribution is -1.93. The fourth-order valence-corrected chi connectivity index (χ4v) is 2.93. The highest BCUT2D eigenvalue weighted by Crippen LogP contribution is 2.39. The molecule has 0 spiro atoms. The van der Waals surface area contributed by atoms with E-state index in [0.29, 0.717) is 5.69 Å². The first-order valence-corrected chi connectivity index (χ1v) is 7.25. The third kappa shape index (κ3) is 2.35. The van der Waals surface area contributed by atoms with Crippen molar-refractivity contribution in [1.29, 1.82) is 0 Å². The Bertz CT molecular complexity index is 821. The molecular formula is C14H7Cl3N2S. The monoisotopic (exact) mass is 340 g/mol. The zero-order chi connectivity index (χ0) is 14.3. The van der Waals surface area contributed by atoms with Gasteiger partial charge in [0.15, 0.2) is 5.15 Å². The minimum absolute atomic E-state index is 0.0510. The summed E-state index contributed by atoms with van der Waals surface area (Å²) in [5.74, 6) is 0. The second-order valence-corrected chi connectivity index (χ2v) is 5.68. The molecule has 2 nitrogen and oxygen atoms in total. The summed E-state index contributed by atoms with van der Waals surface area (Å²) >= 11 is 22.6. The van der Waals surface area contributed by atoms with Crippen LogP contribution in [0, 0.1) is 0 Å². The Labute approximate surface area is 136 Å². The van der Waals surface area contributed by atoms with Crippen molar-refractivity contribution in [2.24, 2.45) is 0 Å². The normalized spacial score (nSPS) is 11.0. The highest BCUT2D eigenvalue weighted by atomic mass is 35.5. The standard InChI is InChI=1S/C14H7Cl3N2S/c15-11-12(18-14(17)19-13(11)16)10-8-4-2-1-3-7(8)5-6-9(10)20/h1-6,20H. The van der Waals surface area contributed by atoms with Gasteiger partial charge >= 0.3 is 0 Å². The predicted molar refractivity (Wildman–Crippen MR) is 87.3 cm³/mol. The van der Waals surface area contributed by atoms with Crippen LogP contribution in [0.1, 0.15) is 0 Å². The van der Waals surface area contributed by atoms with Gasteiger partial charge in [-0.3, -0.25) is 0 Å². The maximum Gasteiger partial charge on any atom is 0.224 e. The van der Waals surface area contributed by atoms with Crippen LogP contribution in [0.15, 0.2) is 41.3 Å². The average molecular weight is 342 g/mol. The molecule has 0 saturated heterocycles. The van der Waals surface area contributed by atoms with Gasteiger partial charge in [0.2, 0.25) is 5.28 Å². The molecule has 0 bridgehead atoms. The minimum Gasteiger partial charge on any atom is -0.216 e. The summed E-state index contributed by atoms with van der Waals surface area (Å²) in [5.41, 5.74) is 1.28. The van der Waals surface area contributed by atoms with E-state index in [2.05, 4.69) is 22.6 Å². The van der Waals surface area contributed by atoms with Crippen molar-refractivity contribution in [3.05, 3.63) is 51.9 Å². The van der Waals surface area contributed by atoms with Gasteiger partial charge in [-0.05, 0) is 28.4 Å². The summed E-state index contributed by atoms with van der Waals surface area (Å²) in [7, 11) is 0.